The van der Waals surface area contributed by atoms with Crippen molar-refractivity contribution in [1.29, 1.82) is 0 Å². The highest BCUT2D eigenvalue weighted by molar-refractivity contribution is 7.99. The van der Waals surface area contributed by atoms with Crippen LogP contribution in [0.15, 0.2) is 52.4 Å². The van der Waals surface area contributed by atoms with Crippen LogP contribution in [0.25, 0.3) is 0 Å². The molecule has 1 aromatic carbocycles. The highest BCUT2D eigenvalue weighted by atomic mass is 32.2. The van der Waals surface area contributed by atoms with E-state index in [1.807, 2.05) is 0 Å². The number of pyridine rings is 1. The molecule has 0 spiro atoms. The Kier molecular flexibility index (Phi) is 5.57. The zero-order valence-corrected chi connectivity index (χ0v) is 16.8. The summed E-state index contributed by atoms with van der Waals surface area (Å²) < 4.78 is 38.4. The van der Waals surface area contributed by atoms with Gasteiger partial charge in [0.05, 0.1) is 0 Å². The number of rotatable bonds is 4. The third kappa shape index (κ3) is 4.43. The molecule has 4 heterocycles. The van der Waals surface area contributed by atoms with E-state index in [0.717, 1.165) is 48.7 Å². The van der Waals surface area contributed by atoms with Gasteiger partial charge in [0.15, 0.2) is 0 Å². The van der Waals surface area contributed by atoms with Crippen molar-refractivity contribution < 1.29 is 18.0 Å². The first-order valence-electron chi connectivity index (χ1n) is 9.68. The summed E-state index contributed by atoms with van der Waals surface area (Å²) in [6.45, 7) is 4.37. The van der Waals surface area contributed by atoms with Crippen molar-refractivity contribution >= 4 is 17.7 Å². The van der Waals surface area contributed by atoms with Crippen LogP contribution in [0.2, 0.25) is 0 Å². The summed E-state index contributed by atoms with van der Waals surface area (Å²) in [5.41, 5.74) is -0.361. The predicted molar refractivity (Wildman–Crippen MR) is 105 cm³/mol. The Morgan fingerprint density at radius 1 is 1.14 bits per heavy atom. The third-order valence-corrected chi connectivity index (χ3v) is 6.77. The monoisotopic (exact) mass is 421 g/mol. The Morgan fingerprint density at radius 2 is 1.83 bits per heavy atom. The zero-order chi connectivity index (χ0) is 20.6. The molecule has 3 aliphatic rings. The minimum Gasteiger partial charge on any atom is -0.347 e. The van der Waals surface area contributed by atoms with Crippen LogP contribution in [-0.4, -0.2) is 41.0 Å². The standard InChI is InChI=1S/C21H22F3N3OS/c1-13-19(14-9-11-27(13)12-10-14)26-20(28)15-5-7-16(8-6-15)29-18-4-2-3-17(25-18)21(22,23)24/h2-8,13-14,19H,9-12H2,1H3,(H,26,28). The molecule has 2 bridgehead atoms. The van der Waals surface area contributed by atoms with Gasteiger partial charge in [0.2, 0.25) is 0 Å². The molecule has 1 N–H and O–H groups in total. The van der Waals surface area contributed by atoms with Crippen LogP contribution in [0.4, 0.5) is 13.2 Å². The van der Waals surface area contributed by atoms with Gasteiger partial charge in [-0.25, -0.2) is 4.98 Å². The van der Waals surface area contributed by atoms with Crippen LogP contribution in [-0.2, 0) is 6.18 Å². The van der Waals surface area contributed by atoms with E-state index in [9.17, 15) is 18.0 Å². The van der Waals surface area contributed by atoms with Crippen LogP contribution < -0.4 is 5.32 Å². The van der Waals surface area contributed by atoms with Crippen LogP contribution in [0.5, 0.6) is 0 Å². The number of carbonyl (C=O) groups excluding carboxylic acids is 1. The van der Waals surface area contributed by atoms with Gasteiger partial charge < -0.3 is 5.32 Å². The SMILES string of the molecule is CC1C(NC(=O)c2ccc(Sc3cccc(C(F)(F)F)n3)cc2)C2CCN1CC2. The minimum absolute atomic E-state index is 0.107. The number of hydrogen-bond acceptors (Lipinski definition) is 4. The normalized spacial score (nSPS) is 26.3. The lowest BCUT2D eigenvalue weighted by atomic mass is 9.79. The summed E-state index contributed by atoms with van der Waals surface area (Å²) in [6, 6.07) is 11.2. The summed E-state index contributed by atoms with van der Waals surface area (Å²) in [6.07, 6.45) is -2.23. The van der Waals surface area contributed by atoms with Gasteiger partial charge in [0, 0.05) is 22.5 Å². The molecule has 1 aromatic heterocycles. The van der Waals surface area contributed by atoms with Crippen LogP contribution in [0.1, 0.15) is 35.8 Å². The molecule has 4 nitrogen and oxygen atoms in total. The second-order valence-electron chi connectivity index (χ2n) is 7.60. The highest BCUT2D eigenvalue weighted by Crippen LogP contribution is 2.33. The zero-order valence-electron chi connectivity index (χ0n) is 15.9. The van der Waals surface area contributed by atoms with Crippen molar-refractivity contribution in [3.63, 3.8) is 0 Å². The molecule has 0 aliphatic carbocycles. The van der Waals surface area contributed by atoms with Crippen molar-refractivity contribution in [2.75, 3.05) is 13.1 Å². The predicted octanol–water partition coefficient (Wildman–Crippen LogP) is 4.46. The molecular formula is C21H22F3N3OS. The second-order valence-corrected chi connectivity index (χ2v) is 8.69. The summed E-state index contributed by atoms with van der Waals surface area (Å²) in [5, 5.41) is 3.45. The Bertz CT molecular complexity index is 877. The number of hydrogen-bond donors (Lipinski definition) is 1. The fourth-order valence-corrected chi connectivity index (χ4v) is 5.01. The molecule has 3 saturated heterocycles. The van der Waals surface area contributed by atoms with Crippen LogP contribution in [0, 0.1) is 5.92 Å². The average molecular weight is 421 g/mol. The number of halogens is 3. The number of nitrogens with one attached hydrogen (secondary N) is 1. The van der Waals surface area contributed by atoms with Gasteiger partial charge in [-0.15, -0.1) is 0 Å². The molecule has 8 heteroatoms. The molecule has 154 valence electrons. The van der Waals surface area contributed by atoms with Crippen LogP contribution in [0.3, 0.4) is 0 Å². The maximum Gasteiger partial charge on any atom is 0.433 e. The van der Waals surface area contributed by atoms with Crippen molar-refractivity contribution in [3.8, 4) is 0 Å². The van der Waals surface area contributed by atoms with Gasteiger partial charge in [0.25, 0.3) is 5.91 Å². The van der Waals surface area contributed by atoms with E-state index in [2.05, 4.69) is 22.1 Å². The molecule has 2 unspecified atom stereocenters. The minimum atomic E-state index is -4.47. The van der Waals surface area contributed by atoms with Crippen LogP contribution >= 0.6 is 11.8 Å². The first-order chi connectivity index (χ1) is 13.8. The summed E-state index contributed by atoms with van der Waals surface area (Å²) in [7, 11) is 0. The maximum absolute atomic E-state index is 12.8. The lowest BCUT2D eigenvalue weighted by Crippen LogP contribution is -2.62. The van der Waals surface area contributed by atoms with E-state index in [4.69, 9.17) is 0 Å². The number of aromatic nitrogens is 1. The van der Waals surface area contributed by atoms with Gasteiger partial charge >= 0.3 is 6.18 Å². The van der Waals surface area contributed by atoms with Crippen molar-refractivity contribution in [2.45, 2.75) is 47.9 Å². The summed E-state index contributed by atoms with van der Waals surface area (Å²) in [4.78, 5) is 19.5. The lowest BCUT2D eigenvalue weighted by Gasteiger charge is -2.49. The van der Waals surface area contributed by atoms with Gasteiger partial charge in [-0.2, -0.15) is 13.2 Å². The lowest BCUT2D eigenvalue weighted by molar-refractivity contribution is -0.141. The third-order valence-electron chi connectivity index (χ3n) is 5.83. The van der Waals surface area contributed by atoms with Crippen molar-refractivity contribution in [2.24, 2.45) is 5.92 Å². The molecule has 29 heavy (non-hydrogen) atoms. The van der Waals surface area contributed by atoms with Crippen molar-refractivity contribution in [1.82, 2.24) is 15.2 Å². The van der Waals surface area contributed by atoms with Gasteiger partial charge in [-0.1, -0.05) is 17.8 Å². The fraction of sp³-hybridized carbons (Fsp3) is 0.429. The molecule has 2 atom stereocenters. The van der Waals surface area contributed by atoms with E-state index < -0.39 is 11.9 Å². The van der Waals surface area contributed by atoms with Gasteiger partial charge in [-0.05, 0) is 75.2 Å². The average Bonchev–Trinajstić information content (AvgIpc) is 2.71. The van der Waals surface area contributed by atoms with E-state index >= 15 is 0 Å². The van der Waals surface area contributed by atoms with E-state index in [1.54, 1.807) is 24.3 Å². The number of piperidine rings is 3. The molecule has 5 rings (SSSR count). The number of amides is 1. The second kappa shape index (κ2) is 7.99. The Balaban J connectivity index is 1.41. The fourth-order valence-electron chi connectivity index (χ4n) is 4.20. The molecule has 1 amide bonds. The number of carbonyl (C=O) groups is 1. The Labute approximate surface area is 171 Å². The highest BCUT2D eigenvalue weighted by Gasteiger charge is 2.40. The maximum atomic E-state index is 12.8. The Hall–Kier alpha value is -2.06. The number of alkyl halides is 3. The summed E-state index contributed by atoms with van der Waals surface area (Å²) >= 11 is 1.13. The number of benzene rings is 1. The van der Waals surface area contributed by atoms with Gasteiger partial charge in [0.1, 0.15) is 10.7 Å². The molecule has 0 radical (unpaired) electrons. The summed E-state index contributed by atoms with van der Waals surface area (Å²) in [5.74, 6) is 0.421. The molecule has 3 aliphatic heterocycles. The van der Waals surface area contributed by atoms with E-state index in [0.29, 0.717) is 17.5 Å². The molecular weight excluding hydrogens is 399 g/mol. The first kappa shape index (κ1) is 20.2. The van der Waals surface area contributed by atoms with E-state index in [-0.39, 0.29) is 17.0 Å². The van der Waals surface area contributed by atoms with Gasteiger partial charge in [-0.3, -0.25) is 9.69 Å². The molecule has 0 saturated carbocycles. The first-order valence-corrected chi connectivity index (χ1v) is 10.5. The Morgan fingerprint density at radius 3 is 2.45 bits per heavy atom. The number of nitrogens with zero attached hydrogens (tertiary/aromatic N) is 2. The largest absolute Gasteiger partial charge is 0.433 e. The molecule has 3 fully saturated rings. The smallest absolute Gasteiger partial charge is 0.347 e. The topological polar surface area (TPSA) is 45.2 Å². The molecule has 2 aromatic rings. The van der Waals surface area contributed by atoms with Crippen molar-refractivity contribution in [3.05, 3.63) is 53.7 Å². The number of fused-ring (bicyclic) bond motifs is 3. The van der Waals surface area contributed by atoms with E-state index in [1.165, 1.54) is 12.1 Å². The quantitative estimate of drug-likeness (QED) is 0.792.